The number of nitrogens with zero attached hydrogens (tertiary/aromatic N) is 2. The lowest BCUT2D eigenvalue weighted by Gasteiger charge is -2.25. The van der Waals surface area contributed by atoms with E-state index in [4.69, 9.17) is 48.6 Å². The van der Waals surface area contributed by atoms with Crippen LogP contribution in [0.1, 0.15) is 37.9 Å². The van der Waals surface area contributed by atoms with Gasteiger partial charge < -0.3 is 23.7 Å². The number of ether oxygens (including phenoxy) is 5. The van der Waals surface area contributed by atoms with Gasteiger partial charge in [0.25, 0.3) is 5.56 Å². The Labute approximate surface area is 267 Å². The highest BCUT2D eigenvalue weighted by atomic mass is 35.5. The smallest absolute Gasteiger partial charge is 0.343 e. The third kappa shape index (κ3) is 6.94. The summed E-state index contributed by atoms with van der Waals surface area (Å²) in [5, 5.41) is 0.557. The van der Waals surface area contributed by atoms with E-state index < -0.39 is 23.5 Å². The van der Waals surface area contributed by atoms with Gasteiger partial charge in [0.2, 0.25) is 0 Å². The monoisotopic (exact) mass is 658 g/mol. The highest BCUT2D eigenvalue weighted by molar-refractivity contribution is 7.07. The molecule has 0 saturated heterocycles. The van der Waals surface area contributed by atoms with Gasteiger partial charge in [0.15, 0.2) is 22.9 Å². The third-order valence-corrected chi connectivity index (χ3v) is 7.78. The molecular formula is C31H28Cl2N2O8S. The van der Waals surface area contributed by atoms with Crippen LogP contribution in [0.3, 0.4) is 0 Å². The Morgan fingerprint density at radius 1 is 1.11 bits per heavy atom. The molecule has 1 aromatic heterocycles. The van der Waals surface area contributed by atoms with Crippen LogP contribution in [0, 0.1) is 12.3 Å². The number of benzene rings is 2. The quantitative estimate of drug-likeness (QED) is 0.224. The number of aromatic nitrogens is 1. The second kappa shape index (κ2) is 14.5. The van der Waals surface area contributed by atoms with Gasteiger partial charge in [-0.2, -0.15) is 0 Å². The molecule has 1 aliphatic heterocycles. The number of hydrogen-bond donors (Lipinski definition) is 0. The first kappa shape index (κ1) is 32.7. The van der Waals surface area contributed by atoms with E-state index in [9.17, 15) is 14.4 Å². The molecule has 44 heavy (non-hydrogen) atoms. The maximum Gasteiger partial charge on any atom is 0.343 e. The van der Waals surface area contributed by atoms with Gasteiger partial charge in [-0.05, 0) is 56.7 Å². The van der Waals surface area contributed by atoms with Crippen LogP contribution >= 0.6 is 34.5 Å². The second-order valence-corrected chi connectivity index (χ2v) is 11.0. The van der Waals surface area contributed by atoms with E-state index in [0.717, 1.165) is 11.3 Å². The third-order valence-electron chi connectivity index (χ3n) is 6.30. The number of fused-ring (bicyclic) bond motifs is 1. The van der Waals surface area contributed by atoms with Crippen LogP contribution in [-0.2, 0) is 19.1 Å². The van der Waals surface area contributed by atoms with E-state index in [0.29, 0.717) is 32.4 Å². The number of hydrogen-bond acceptors (Lipinski definition) is 10. The minimum Gasteiger partial charge on any atom is -0.490 e. The molecule has 13 heteroatoms. The summed E-state index contributed by atoms with van der Waals surface area (Å²) >= 11 is 13.8. The topological polar surface area (TPSA) is 115 Å². The summed E-state index contributed by atoms with van der Waals surface area (Å²) in [6.07, 6.45) is 6.96. The van der Waals surface area contributed by atoms with Crippen LogP contribution in [0.25, 0.3) is 6.08 Å². The normalized spacial score (nSPS) is 14.3. The second-order valence-electron chi connectivity index (χ2n) is 9.11. The molecule has 0 saturated carbocycles. The summed E-state index contributed by atoms with van der Waals surface area (Å²) in [4.78, 5) is 44.0. The van der Waals surface area contributed by atoms with E-state index in [1.807, 2.05) is 0 Å². The number of halogens is 2. The summed E-state index contributed by atoms with van der Waals surface area (Å²) in [5.74, 6) is 2.05. The standard InChI is InChI=1S/C31H28Cl2N2O8S/c1-6-11-42-28-19(12-20(32)15-21(28)33)14-24-29(37)35-27(26(30(38)41-8-3)17(4)34-31(35)44-24)18-9-10-22(23(13-18)40-7-2)43-16-25(36)39-5/h1,9-10,12-15,27H,7-8,11,16H2,2-5H3/b24-14+/t27-/m1/s1. The van der Waals surface area contributed by atoms with Crippen LogP contribution in [0.15, 0.2) is 51.4 Å². The zero-order valence-corrected chi connectivity index (χ0v) is 26.6. The largest absolute Gasteiger partial charge is 0.490 e. The van der Waals surface area contributed by atoms with Gasteiger partial charge in [-0.1, -0.05) is 46.5 Å². The molecule has 1 aliphatic rings. The minimum absolute atomic E-state index is 0.0486. The highest BCUT2D eigenvalue weighted by Gasteiger charge is 2.34. The predicted octanol–water partition coefficient (Wildman–Crippen LogP) is 4.07. The van der Waals surface area contributed by atoms with Gasteiger partial charge in [0.05, 0.1) is 47.2 Å². The van der Waals surface area contributed by atoms with Crippen molar-refractivity contribution in [3.8, 4) is 29.6 Å². The first-order valence-corrected chi connectivity index (χ1v) is 14.9. The number of carbonyl (C=O) groups is 2. The molecule has 0 aliphatic carbocycles. The average molecular weight is 660 g/mol. The molecule has 0 spiro atoms. The van der Waals surface area contributed by atoms with E-state index in [2.05, 4.69) is 15.6 Å². The van der Waals surface area contributed by atoms with Crippen molar-refractivity contribution in [3.63, 3.8) is 0 Å². The zero-order valence-electron chi connectivity index (χ0n) is 24.3. The van der Waals surface area contributed by atoms with Crippen molar-refractivity contribution in [3.05, 3.63) is 82.5 Å². The summed E-state index contributed by atoms with van der Waals surface area (Å²) in [6.45, 7) is 5.18. The Morgan fingerprint density at radius 3 is 2.57 bits per heavy atom. The number of terminal acetylenes is 1. The molecule has 4 rings (SSSR count). The van der Waals surface area contributed by atoms with E-state index in [1.165, 1.54) is 17.7 Å². The maximum absolute atomic E-state index is 14.1. The van der Waals surface area contributed by atoms with Crippen LogP contribution in [0.5, 0.6) is 17.2 Å². The van der Waals surface area contributed by atoms with E-state index in [1.54, 1.807) is 51.1 Å². The highest BCUT2D eigenvalue weighted by Crippen LogP contribution is 2.37. The number of esters is 2. The maximum atomic E-state index is 14.1. The fourth-order valence-corrected chi connectivity index (χ4v) is 6.08. The van der Waals surface area contributed by atoms with Crippen LogP contribution in [-0.4, -0.2) is 50.0 Å². The average Bonchev–Trinajstić information content (AvgIpc) is 3.29. The van der Waals surface area contributed by atoms with Crippen molar-refractivity contribution in [2.24, 2.45) is 4.99 Å². The summed E-state index contributed by atoms with van der Waals surface area (Å²) in [6, 6.07) is 7.11. The SMILES string of the molecule is C#CCOc1c(Cl)cc(Cl)cc1/C=c1/sc2n(c1=O)[C@H](c1ccc(OCC(=O)OC)c(OCC)c1)C(C(=O)OCC)=C(C)N=2. The van der Waals surface area contributed by atoms with Gasteiger partial charge in [0.1, 0.15) is 12.4 Å². The van der Waals surface area contributed by atoms with Crippen molar-refractivity contribution in [1.29, 1.82) is 0 Å². The van der Waals surface area contributed by atoms with Crippen molar-refractivity contribution in [2.75, 3.05) is 33.5 Å². The molecule has 0 unspecified atom stereocenters. The van der Waals surface area contributed by atoms with Gasteiger partial charge >= 0.3 is 11.9 Å². The summed E-state index contributed by atoms with van der Waals surface area (Å²) in [7, 11) is 1.26. The number of methoxy groups -OCH3 is 1. The van der Waals surface area contributed by atoms with Gasteiger partial charge in [0, 0.05) is 10.6 Å². The van der Waals surface area contributed by atoms with Crippen LogP contribution in [0.2, 0.25) is 10.0 Å². The van der Waals surface area contributed by atoms with Crippen molar-refractivity contribution >= 4 is 52.6 Å². The molecule has 0 bridgehead atoms. The van der Waals surface area contributed by atoms with Crippen molar-refractivity contribution < 1.29 is 33.3 Å². The first-order chi connectivity index (χ1) is 21.1. The zero-order chi connectivity index (χ0) is 32.0. The lowest BCUT2D eigenvalue weighted by atomic mass is 9.95. The van der Waals surface area contributed by atoms with Gasteiger partial charge in [-0.15, -0.1) is 6.42 Å². The Kier molecular flexibility index (Phi) is 10.8. The summed E-state index contributed by atoms with van der Waals surface area (Å²) < 4.78 is 28.8. The Morgan fingerprint density at radius 2 is 1.89 bits per heavy atom. The number of allylic oxidation sites excluding steroid dienone is 1. The molecule has 10 nitrogen and oxygen atoms in total. The molecule has 0 fully saturated rings. The Hall–Kier alpha value is -4.24. The first-order valence-electron chi connectivity index (χ1n) is 13.3. The minimum atomic E-state index is -0.929. The number of thiazole rings is 1. The Bertz CT molecular complexity index is 1860. The molecule has 2 aromatic carbocycles. The van der Waals surface area contributed by atoms with Crippen molar-refractivity contribution in [1.82, 2.24) is 4.57 Å². The van der Waals surface area contributed by atoms with E-state index in [-0.39, 0.29) is 53.1 Å². The molecule has 0 amide bonds. The fraction of sp³-hybridized carbons (Fsp3) is 0.290. The molecule has 2 heterocycles. The molecule has 230 valence electrons. The van der Waals surface area contributed by atoms with E-state index >= 15 is 0 Å². The summed E-state index contributed by atoms with van der Waals surface area (Å²) in [5.41, 5.74) is 1.09. The van der Waals surface area contributed by atoms with Crippen molar-refractivity contribution in [2.45, 2.75) is 26.8 Å². The fourth-order valence-electron chi connectivity index (χ4n) is 4.48. The lowest BCUT2D eigenvalue weighted by molar-refractivity contribution is -0.143. The molecular weight excluding hydrogens is 631 g/mol. The molecule has 0 N–H and O–H groups in total. The molecule has 1 atom stereocenters. The number of carbonyl (C=O) groups excluding carboxylic acids is 2. The van der Waals surface area contributed by atoms with Crippen LogP contribution < -0.4 is 29.1 Å². The Balaban J connectivity index is 1.93. The predicted molar refractivity (Wildman–Crippen MR) is 166 cm³/mol. The van der Waals surface area contributed by atoms with Gasteiger partial charge in [-0.25, -0.2) is 14.6 Å². The number of rotatable bonds is 11. The van der Waals surface area contributed by atoms with Gasteiger partial charge in [-0.3, -0.25) is 9.36 Å². The van der Waals surface area contributed by atoms with Crippen LogP contribution in [0.4, 0.5) is 0 Å². The lowest BCUT2D eigenvalue weighted by Crippen LogP contribution is -2.40. The molecule has 0 radical (unpaired) electrons. The molecule has 3 aromatic rings.